The predicted octanol–water partition coefficient (Wildman–Crippen LogP) is 2.01. The van der Waals surface area contributed by atoms with Gasteiger partial charge in [-0.05, 0) is 19.1 Å². The minimum absolute atomic E-state index is 0.590. The summed E-state index contributed by atoms with van der Waals surface area (Å²) in [5, 5.41) is 2.84. The molecule has 0 saturated heterocycles. The fourth-order valence-corrected chi connectivity index (χ4v) is 1.09. The van der Waals surface area contributed by atoms with E-state index in [4.69, 9.17) is 4.74 Å². The molecular formula is C11H11N2O. The molecule has 1 aliphatic rings. The average Bonchev–Trinajstić information content (AvgIpc) is 2.23. The van der Waals surface area contributed by atoms with Gasteiger partial charge in [0.15, 0.2) is 0 Å². The molecule has 0 amide bonds. The first-order valence-electron chi connectivity index (χ1n) is 4.41. The second-order valence-electron chi connectivity index (χ2n) is 3.01. The molecule has 1 aliphatic heterocycles. The number of benzene rings is 1. The van der Waals surface area contributed by atoms with E-state index in [2.05, 4.69) is 10.3 Å². The second kappa shape index (κ2) is 3.96. The third-order valence-corrected chi connectivity index (χ3v) is 1.83. The van der Waals surface area contributed by atoms with E-state index < -0.39 is 0 Å². The molecule has 0 aliphatic carbocycles. The van der Waals surface area contributed by atoms with E-state index in [1.165, 1.54) is 5.56 Å². The Kier molecular flexibility index (Phi) is 2.49. The van der Waals surface area contributed by atoms with Gasteiger partial charge in [0.25, 0.3) is 6.23 Å². The van der Waals surface area contributed by atoms with Gasteiger partial charge in [-0.25, -0.2) is 4.99 Å². The Hall–Kier alpha value is -1.77. The smallest absolute Gasteiger partial charge is 0.287 e. The SMILES string of the molecule is Cc1ccc(O[C]2C=CNC=N2)cc1. The summed E-state index contributed by atoms with van der Waals surface area (Å²) in [6.45, 7) is 2.04. The lowest BCUT2D eigenvalue weighted by molar-refractivity contribution is 0.357. The third-order valence-electron chi connectivity index (χ3n) is 1.83. The van der Waals surface area contributed by atoms with Crippen LogP contribution >= 0.6 is 0 Å². The molecule has 14 heavy (non-hydrogen) atoms. The predicted molar refractivity (Wildman–Crippen MR) is 55.8 cm³/mol. The number of aliphatic imine (C=N–C) groups is 1. The summed E-state index contributed by atoms with van der Waals surface area (Å²) >= 11 is 0. The topological polar surface area (TPSA) is 33.6 Å². The van der Waals surface area contributed by atoms with Crippen molar-refractivity contribution in [1.82, 2.24) is 5.32 Å². The quantitative estimate of drug-likeness (QED) is 0.768. The second-order valence-corrected chi connectivity index (χ2v) is 3.01. The van der Waals surface area contributed by atoms with Gasteiger partial charge in [-0.3, -0.25) is 0 Å². The molecule has 0 bridgehead atoms. The van der Waals surface area contributed by atoms with Crippen LogP contribution in [0, 0.1) is 13.2 Å². The first kappa shape index (κ1) is 8.81. The molecule has 1 heterocycles. The van der Waals surface area contributed by atoms with Gasteiger partial charge in [-0.15, -0.1) is 0 Å². The highest BCUT2D eigenvalue weighted by atomic mass is 16.5. The van der Waals surface area contributed by atoms with Gasteiger partial charge >= 0.3 is 0 Å². The minimum Gasteiger partial charge on any atom is -0.456 e. The summed E-state index contributed by atoms with van der Waals surface area (Å²) < 4.78 is 5.50. The molecule has 2 rings (SSSR count). The Balaban J connectivity index is 2.03. The maximum atomic E-state index is 5.50. The van der Waals surface area contributed by atoms with Gasteiger partial charge < -0.3 is 10.1 Å². The lowest BCUT2D eigenvalue weighted by Gasteiger charge is -2.11. The lowest BCUT2D eigenvalue weighted by atomic mass is 10.2. The van der Waals surface area contributed by atoms with Crippen molar-refractivity contribution >= 4 is 6.34 Å². The van der Waals surface area contributed by atoms with Gasteiger partial charge in [-0.1, -0.05) is 17.7 Å². The van der Waals surface area contributed by atoms with Crippen molar-refractivity contribution in [1.29, 1.82) is 0 Å². The number of nitrogens with one attached hydrogen (secondary N) is 1. The van der Waals surface area contributed by atoms with Crippen LogP contribution in [0.5, 0.6) is 5.75 Å². The molecule has 0 spiro atoms. The Morgan fingerprint density at radius 1 is 1.21 bits per heavy atom. The number of aryl methyl sites for hydroxylation is 1. The Morgan fingerprint density at radius 2 is 2.00 bits per heavy atom. The van der Waals surface area contributed by atoms with Crippen molar-refractivity contribution in [2.75, 3.05) is 0 Å². The van der Waals surface area contributed by atoms with E-state index >= 15 is 0 Å². The van der Waals surface area contributed by atoms with E-state index in [0.717, 1.165) is 5.75 Å². The van der Waals surface area contributed by atoms with Gasteiger partial charge in [-0.2, -0.15) is 0 Å². The standard InChI is InChI=1S/C11H11N2O/c1-9-2-4-10(5-3-9)14-11-6-7-12-8-13-11/h2-8H,1H3,(H,12,13). The van der Waals surface area contributed by atoms with Crippen LogP contribution in [-0.4, -0.2) is 6.34 Å². The molecule has 0 fully saturated rings. The third kappa shape index (κ3) is 2.13. The highest BCUT2D eigenvalue weighted by Crippen LogP contribution is 2.17. The molecule has 0 saturated carbocycles. The number of nitrogens with zero attached hydrogens (tertiary/aromatic N) is 1. The van der Waals surface area contributed by atoms with Crippen molar-refractivity contribution in [2.45, 2.75) is 6.92 Å². The Labute approximate surface area is 83.1 Å². The molecule has 0 aromatic heterocycles. The largest absolute Gasteiger partial charge is 0.456 e. The van der Waals surface area contributed by atoms with Gasteiger partial charge in [0, 0.05) is 12.3 Å². The van der Waals surface area contributed by atoms with Crippen LogP contribution in [0.3, 0.4) is 0 Å². The zero-order valence-corrected chi connectivity index (χ0v) is 7.90. The fourth-order valence-electron chi connectivity index (χ4n) is 1.09. The van der Waals surface area contributed by atoms with Crippen molar-refractivity contribution in [3.05, 3.63) is 48.3 Å². The van der Waals surface area contributed by atoms with Crippen LogP contribution in [0.2, 0.25) is 0 Å². The minimum atomic E-state index is 0.590. The molecule has 1 N–H and O–H groups in total. The highest BCUT2D eigenvalue weighted by molar-refractivity contribution is 5.59. The molecule has 3 nitrogen and oxygen atoms in total. The van der Waals surface area contributed by atoms with E-state index in [1.54, 1.807) is 18.6 Å². The lowest BCUT2D eigenvalue weighted by Crippen LogP contribution is -2.12. The molecule has 3 heteroatoms. The van der Waals surface area contributed by atoms with Crippen molar-refractivity contribution in [3.63, 3.8) is 0 Å². The molecule has 1 aromatic rings. The number of rotatable bonds is 2. The van der Waals surface area contributed by atoms with Crippen LogP contribution in [-0.2, 0) is 0 Å². The first-order chi connectivity index (χ1) is 6.84. The summed E-state index contributed by atoms with van der Waals surface area (Å²) in [7, 11) is 0. The first-order valence-corrected chi connectivity index (χ1v) is 4.41. The van der Waals surface area contributed by atoms with Crippen LogP contribution < -0.4 is 10.1 Å². The van der Waals surface area contributed by atoms with E-state index in [-0.39, 0.29) is 0 Å². The van der Waals surface area contributed by atoms with Gasteiger partial charge in [0.1, 0.15) is 5.75 Å². The van der Waals surface area contributed by atoms with Crippen molar-refractivity contribution in [2.24, 2.45) is 4.99 Å². The summed E-state index contributed by atoms with van der Waals surface area (Å²) in [5.74, 6) is 0.800. The summed E-state index contributed by atoms with van der Waals surface area (Å²) in [6.07, 6.45) is 5.73. The molecule has 0 unspecified atom stereocenters. The van der Waals surface area contributed by atoms with E-state index in [1.807, 2.05) is 31.2 Å². The normalized spacial score (nSPS) is 15.2. The Morgan fingerprint density at radius 3 is 2.64 bits per heavy atom. The maximum Gasteiger partial charge on any atom is 0.287 e. The van der Waals surface area contributed by atoms with E-state index in [0.29, 0.717) is 6.23 Å². The zero-order chi connectivity index (χ0) is 9.80. The Bertz CT molecular complexity index is 342. The van der Waals surface area contributed by atoms with Crippen LogP contribution in [0.4, 0.5) is 0 Å². The van der Waals surface area contributed by atoms with Crippen LogP contribution in [0.1, 0.15) is 5.56 Å². The van der Waals surface area contributed by atoms with Crippen LogP contribution in [0.25, 0.3) is 0 Å². The van der Waals surface area contributed by atoms with E-state index in [9.17, 15) is 0 Å². The molecule has 1 aromatic carbocycles. The average molecular weight is 187 g/mol. The monoisotopic (exact) mass is 187 g/mol. The number of ether oxygens (including phenoxy) is 1. The molecular weight excluding hydrogens is 176 g/mol. The van der Waals surface area contributed by atoms with Gasteiger partial charge in [0.05, 0.1) is 6.34 Å². The highest BCUT2D eigenvalue weighted by Gasteiger charge is 2.07. The van der Waals surface area contributed by atoms with Crippen molar-refractivity contribution < 1.29 is 4.74 Å². The maximum absolute atomic E-state index is 5.50. The fraction of sp³-hybridized carbons (Fsp3) is 0.0909. The summed E-state index contributed by atoms with van der Waals surface area (Å²) in [4.78, 5) is 4.02. The number of hydrogen-bond acceptors (Lipinski definition) is 3. The zero-order valence-electron chi connectivity index (χ0n) is 7.90. The van der Waals surface area contributed by atoms with Crippen molar-refractivity contribution in [3.8, 4) is 5.75 Å². The molecule has 1 radical (unpaired) electrons. The van der Waals surface area contributed by atoms with Crippen LogP contribution in [0.15, 0.2) is 41.5 Å². The molecule has 0 atom stereocenters. The summed E-state index contributed by atoms with van der Waals surface area (Å²) in [6, 6.07) is 7.86. The molecule has 71 valence electrons. The summed E-state index contributed by atoms with van der Waals surface area (Å²) in [5.41, 5.74) is 1.21. The van der Waals surface area contributed by atoms with Gasteiger partial charge in [0.2, 0.25) is 0 Å². The number of hydrogen-bond donors (Lipinski definition) is 1.